The smallest absolute Gasteiger partial charge is 0.239 e. The number of rotatable bonds is 5. The molecule has 0 fully saturated rings. The molecule has 118 valence electrons. The molecule has 22 heavy (non-hydrogen) atoms. The second-order valence-corrected chi connectivity index (χ2v) is 6.27. The summed E-state index contributed by atoms with van der Waals surface area (Å²) >= 11 is 18.5. The van der Waals surface area contributed by atoms with Crippen LogP contribution in [0.15, 0.2) is 18.2 Å². The SMILES string of the molecule is CCC(CC)c1cc(Oc2c(Cl)cc(C)cc2Cl)nnc1Cl. The number of hydrogen-bond acceptors (Lipinski definition) is 3. The van der Waals surface area contributed by atoms with E-state index in [4.69, 9.17) is 39.5 Å². The van der Waals surface area contributed by atoms with E-state index in [1.807, 2.05) is 6.92 Å². The molecule has 0 N–H and O–H groups in total. The molecule has 0 aliphatic rings. The van der Waals surface area contributed by atoms with Crippen molar-refractivity contribution in [2.75, 3.05) is 0 Å². The fraction of sp³-hybridized carbons (Fsp3) is 0.375. The molecule has 0 aliphatic carbocycles. The minimum Gasteiger partial charge on any atom is -0.434 e. The summed E-state index contributed by atoms with van der Waals surface area (Å²) in [7, 11) is 0. The summed E-state index contributed by atoms with van der Waals surface area (Å²) in [6.07, 6.45) is 1.93. The van der Waals surface area contributed by atoms with E-state index in [9.17, 15) is 0 Å². The highest BCUT2D eigenvalue weighted by molar-refractivity contribution is 6.37. The van der Waals surface area contributed by atoms with Crippen LogP contribution in [0.3, 0.4) is 0 Å². The molecular weight excluding hydrogens is 343 g/mol. The van der Waals surface area contributed by atoms with Gasteiger partial charge in [0.1, 0.15) is 0 Å². The van der Waals surface area contributed by atoms with Crippen molar-refractivity contribution >= 4 is 34.8 Å². The highest BCUT2D eigenvalue weighted by atomic mass is 35.5. The third-order valence-corrected chi connectivity index (χ3v) is 4.38. The van der Waals surface area contributed by atoms with Gasteiger partial charge in [-0.05, 0) is 48.9 Å². The minimum absolute atomic E-state index is 0.314. The van der Waals surface area contributed by atoms with Crippen LogP contribution >= 0.6 is 34.8 Å². The first-order valence-electron chi connectivity index (χ1n) is 7.12. The molecule has 0 atom stereocenters. The molecular formula is C16H17Cl3N2O. The molecule has 0 unspecified atom stereocenters. The average molecular weight is 360 g/mol. The van der Waals surface area contributed by atoms with Gasteiger partial charge in [0, 0.05) is 6.07 Å². The summed E-state index contributed by atoms with van der Waals surface area (Å²) in [5.74, 6) is 1.02. The molecule has 0 bridgehead atoms. The fourth-order valence-electron chi connectivity index (χ4n) is 2.33. The van der Waals surface area contributed by atoms with E-state index in [0.29, 0.717) is 32.7 Å². The number of nitrogens with zero attached hydrogens (tertiary/aromatic N) is 2. The topological polar surface area (TPSA) is 35.0 Å². The number of aryl methyl sites for hydroxylation is 1. The van der Waals surface area contributed by atoms with Gasteiger partial charge < -0.3 is 4.74 Å². The van der Waals surface area contributed by atoms with Crippen LogP contribution in [-0.2, 0) is 0 Å². The van der Waals surface area contributed by atoms with E-state index in [0.717, 1.165) is 24.0 Å². The van der Waals surface area contributed by atoms with Crippen molar-refractivity contribution in [2.24, 2.45) is 0 Å². The lowest BCUT2D eigenvalue weighted by Crippen LogP contribution is -2.01. The predicted octanol–water partition coefficient (Wildman–Crippen LogP) is 6.44. The standard InChI is InChI=1S/C16H17Cl3N2O/c1-4-10(5-2)11-8-14(20-21-16(11)19)22-15-12(17)6-9(3)7-13(15)18/h6-8,10H,4-5H2,1-3H3. The molecule has 2 aromatic rings. The van der Waals surface area contributed by atoms with Crippen LogP contribution in [0.1, 0.15) is 43.7 Å². The molecule has 2 rings (SSSR count). The van der Waals surface area contributed by atoms with Crippen molar-refractivity contribution in [3.63, 3.8) is 0 Å². The second-order valence-electron chi connectivity index (χ2n) is 5.10. The molecule has 6 heteroatoms. The van der Waals surface area contributed by atoms with Crippen LogP contribution in [-0.4, -0.2) is 10.2 Å². The molecule has 1 heterocycles. The van der Waals surface area contributed by atoms with E-state index in [2.05, 4.69) is 24.0 Å². The lowest BCUT2D eigenvalue weighted by atomic mass is 9.96. The van der Waals surface area contributed by atoms with Gasteiger partial charge in [0.05, 0.1) is 10.0 Å². The van der Waals surface area contributed by atoms with Gasteiger partial charge in [0.25, 0.3) is 0 Å². The van der Waals surface area contributed by atoms with Gasteiger partial charge >= 0.3 is 0 Å². The maximum Gasteiger partial charge on any atom is 0.239 e. The quantitative estimate of drug-likeness (QED) is 0.616. The number of aromatic nitrogens is 2. The van der Waals surface area contributed by atoms with Crippen LogP contribution in [0, 0.1) is 6.92 Å². The zero-order chi connectivity index (χ0) is 16.3. The van der Waals surface area contributed by atoms with Crippen molar-refractivity contribution in [1.29, 1.82) is 0 Å². The second kappa shape index (κ2) is 7.49. The number of halogens is 3. The van der Waals surface area contributed by atoms with Crippen LogP contribution in [0.4, 0.5) is 0 Å². The first kappa shape index (κ1) is 17.3. The van der Waals surface area contributed by atoms with Gasteiger partial charge in [-0.25, -0.2) is 0 Å². The Kier molecular flexibility index (Phi) is 5.90. The van der Waals surface area contributed by atoms with E-state index in [-0.39, 0.29) is 0 Å². The van der Waals surface area contributed by atoms with Crippen molar-refractivity contribution in [2.45, 2.75) is 39.5 Å². The summed E-state index contributed by atoms with van der Waals surface area (Å²) in [6, 6.07) is 5.38. The summed E-state index contributed by atoms with van der Waals surface area (Å²) in [4.78, 5) is 0. The van der Waals surface area contributed by atoms with Crippen LogP contribution in [0.5, 0.6) is 11.6 Å². The van der Waals surface area contributed by atoms with E-state index in [1.54, 1.807) is 18.2 Å². The lowest BCUT2D eigenvalue weighted by Gasteiger charge is -2.15. The Morgan fingerprint density at radius 2 is 1.59 bits per heavy atom. The molecule has 0 aliphatic heterocycles. The van der Waals surface area contributed by atoms with Gasteiger partial charge in [-0.15, -0.1) is 10.2 Å². The van der Waals surface area contributed by atoms with Crippen LogP contribution in [0.25, 0.3) is 0 Å². The van der Waals surface area contributed by atoms with Crippen molar-refractivity contribution in [3.05, 3.63) is 44.5 Å². The van der Waals surface area contributed by atoms with Crippen molar-refractivity contribution in [3.8, 4) is 11.6 Å². The van der Waals surface area contributed by atoms with Gasteiger partial charge in [-0.3, -0.25) is 0 Å². The third-order valence-electron chi connectivity index (χ3n) is 3.53. The molecule has 1 aromatic heterocycles. The first-order valence-corrected chi connectivity index (χ1v) is 8.26. The molecule has 0 saturated carbocycles. The summed E-state index contributed by atoms with van der Waals surface area (Å²) in [6.45, 7) is 6.13. The minimum atomic E-state index is 0.314. The number of hydrogen-bond donors (Lipinski definition) is 0. The van der Waals surface area contributed by atoms with Crippen molar-refractivity contribution < 1.29 is 4.74 Å². The molecule has 0 spiro atoms. The largest absolute Gasteiger partial charge is 0.434 e. The maximum atomic E-state index is 6.19. The van der Waals surface area contributed by atoms with Crippen molar-refractivity contribution in [1.82, 2.24) is 10.2 Å². The van der Waals surface area contributed by atoms with E-state index in [1.165, 1.54) is 0 Å². The summed E-state index contributed by atoms with van der Waals surface area (Å²) in [5, 5.41) is 9.22. The van der Waals surface area contributed by atoms with Crippen LogP contribution < -0.4 is 4.74 Å². The molecule has 0 radical (unpaired) electrons. The highest BCUT2D eigenvalue weighted by Crippen LogP contribution is 2.38. The maximum absolute atomic E-state index is 6.19. The third kappa shape index (κ3) is 3.83. The first-order chi connectivity index (χ1) is 10.5. The molecule has 3 nitrogen and oxygen atoms in total. The summed E-state index contributed by atoms with van der Waals surface area (Å²) < 4.78 is 5.73. The van der Waals surface area contributed by atoms with Crippen LogP contribution in [0.2, 0.25) is 15.2 Å². The fourth-order valence-corrected chi connectivity index (χ4v) is 3.25. The number of ether oxygens (including phenoxy) is 1. The van der Waals surface area contributed by atoms with E-state index >= 15 is 0 Å². The molecule has 0 saturated heterocycles. The number of benzene rings is 1. The highest BCUT2D eigenvalue weighted by Gasteiger charge is 2.16. The van der Waals surface area contributed by atoms with Gasteiger partial charge in [-0.1, -0.05) is 48.7 Å². The average Bonchev–Trinajstić information content (AvgIpc) is 2.47. The monoisotopic (exact) mass is 358 g/mol. The van der Waals surface area contributed by atoms with E-state index < -0.39 is 0 Å². The molecule has 1 aromatic carbocycles. The van der Waals surface area contributed by atoms with Gasteiger partial charge in [0.15, 0.2) is 10.9 Å². The molecule has 0 amide bonds. The lowest BCUT2D eigenvalue weighted by molar-refractivity contribution is 0.452. The predicted molar refractivity (Wildman–Crippen MR) is 91.6 cm³/mol. The Labute approximate surface area is 145 Å². The Morgan fingerprint density at radius 1 is 1.00 bits per heavy atom. The van der Waals surface area contributed by atoms with Gasteiger partial charge in [-0.2, -0.15) is 0 Å². The normalized spacial score (nSPS) is 11.0. The Balaban J connectivity index is 2.37. The summed E-state index contributed by atoms with van der Waals surface area (Å²) in [5.41, 5.74) is 1.89. The zero-order valence-corrected chi connectivity index (χ0v) is 14.9. The van der Waals surface area contributed by atoms with Gasteiger partial charge in [0.2, 0.25) is 5.88 Å². The Bertz CT molecular complexity index is 649. The Morgan fingerprint density at radius 3 is 2.14 bits per heavy atom. The Hall–Kier alpha value is -1.03. The zero-order valence-electron chi connectivity index (χ0n) is 12.7.